The largest absolute Gasteiger partial charge is 0.326 e. The third-order valence-electron chi connectivity index (χ3n) is 4.33. The lowest BCUT2D eigenvalue weighted by molar-refractivity contribution is -0.600. The first-order valence-electron chi connectivity index (χ1n) is 8.35. The van der Waals surface area contributed by atoms with E-state index < -0.39 is 0 Å². The summed E-state index contributed by atoms with van der Waals surface area (Å²) >= 11 is 0. The first-order chi connectivity index (χ1) is 12.0. The van der Waals surface area contributed by atoms with Crippen molar-refractivity contribution in [2.75, 3.05) is 11.9 Å². The van der Waals surface area contributed by atoms with Gasteiger partial charge in [0, 0.05) is 25.1 Å². The van der Waals surface area contributed by atoms with Gasteiger partial charge in [0.25, 0.3) is 5.91 Å². The van der Waals surface area contributed by atoms with Crippen LogP contribution in [0, 0.1) is 27.1 Å². The van der Waals surface area contributed by atoms with E-state index in [9.17, 15) is 4.79 Å². The number of aryl methyl sites for hydroxylation is 3. The van der Waals surface area contributed by atoms with Crippen molar-refractivity contribution in [2.24, 2.45) is 0 Å². The zero-order valence-corrected chi connectivity index (χ0v) is 15.2. The second-order valence-electron chi connectivity index (χ2n) is 6.43. The highest BCUT2D eigenvalue weighted by atomic mass is 16.2. The molecular formula is C21H23N3O. The second-order valence-corrected chi connectivity index (χ2v) is 6.43. The number of nitrogens with zero attached hydrogens (tertiary/aromatic N) is 3. The average molecular weight is 333 g/mol. The summed E-state index contributed by atoms with van der Waals surface area (Å²) in [6.07, 6.45) is 7.08. The highest BCUT2D eigenvalue weighted by Crippen LogP contribution is 2.16. The highest BCUT2D eigenvalue weighted by Gasteiger charge is 2.14. The van der Waals surface area contributed by atoms with E-state index in [-0.39, 0.29) is 12.5 Å². The minimum atomic E-state index is 0.0163. The van der Waals surface area contributed by atoms with Crippen molar-refractivity contribution in [3.8, 4) is 5.69 Å². The van der Waals surface area contributed by atoms with Crippen molar-refractivity contribution in [3.63, 3.8) is 0 Å². The van der Waals surface area contributed by atoms with Crippen molar-refractivity contribution >= 4 is 11.6 Å². The number of rotatable bonds is 4. The van der Waals surface area contributed by atoms with Crippen molar-refractivity contribution in [2.45, 2.75) is 27.3 Å². The van der Waals surface area contributed by atoms with Crippen LogP contribution < -0.4 is 9.47 Å². The molecule has 0 radical (unpaired) electrons. The molecule has 0 aliphatic heterocycles. The van der Waals surface area contributed by atoms with Crippen molar-refractivity contribution in [3.05, 3.63) is 77.9 Å². The van der Waals surface area contributed by atoms with Crippen LogP contribution in [0.25, 0.3) is 5.69 Å². The number of imidazole rings is 1. The minimum Gasteiger partial charge on any atom is -0.326 e. The highest BCUT2D eigenvalue weighted by molar-refractivity contribution is 5.92. The Kier molecular flexibility index (Phi) is 4.70. The summed E-state index contributed by atoms with van der Waals surface area (Å²) in [5, 5.41) is 0. The molecule has 0 spiro atoms. The number of carbonyl (C=O) groups excluding carboxylic acids is 1. The predicted octanol–water partition coefficient (Wildman–Crippen LogP) is 3.15. The molecule has 0 atom stereocenters. The minimum absolute atomic E-state index is 0.0163. The van der Waals surface area contributed by atoms with E-state index in [1.54, 1.807) is 16.5 Å². The van der Waals surface area contributed by atoms with Crippen LogP contribution in [-0.2, 0) is 11.3 Å². The fourth-order valence-electron chi connectivity index (χ4n) is 3.16. The van der Waals surface area contributed by atoms with Crippen LogP contribution in [0.2, 0.25) is 0 Å². The van der Waals surface area contributed by atoms with Crippen molar-refractivity contribution < 1.29 is 9.36 Å². The van der Waals surface area contributed by atoms with Crippen molar-refractivity contribution in [1.29, 1.82) is 0 Å². The van der Waals surface area contributed by atoms with E-state index in [0.717, 1.165) is 11.4 Å². The van der Waals surface area contributed by atoms with Crippen LogP contribution in [0.15, 0.2) is 54.9 Å². The molecule has 128 valence electrons. The molecule has 1 heterocycles. The fraction of sp³-hybridized carbons (Fsp3) is 0.238. The maximum atomic E-state index is 12.5. The van der Waals surface area contributed by atoms with E-state index in [1.165, 1.54) is 16.7 Å². The zero-order chi connectivity index (χ0) is 18.0. The van der Waals surface area contributed by atoms with Crippen LogP contribution in [-0.4, -0.2) is 17.5 Å². The van der Waals surface area contributed by atoms with Gasteiger partial charge in [-0.1, -0.05) is 35.9 Å². The first-order valence-corrected chi connectivity index (χ1v) is 8.35. The van der Waals surface area contributed by atoms with Gasteiger partial charge in [-0.25, -0.2) is 0 Å². The number of amides is 1. The fourth-order valence-corrected chi connectivity index (χ4v) is 3.16. The van der Waals surface area contributed by atoms with Crippen molar-refractivity contribution in [1.82, 2.24) is 4.57 Å². The van der Waals surface area contributed by atoms with Gasteiger partial charge in [0.15, 0.2) is 6.54 Å². The molecule has 0 bridgehead atoms. The standard InChI is InChI=1S/C21H23N3O/c1-16-12-17(2)21(18(3)13-16)24-11-10-23(15-24)14-20(25)22(4)19-8-6-5-7-9-19/h5-13H,14H2,1-4H3. The molecule has 2 aromatic carbocycles. The molecule has 0 unspecified atom stereocenters. The Balaban J connectivity index is 1.80. The van der Waals surface area contributed by atoms with Crippen LogP contribution in [0.3, 0.4) is 0 Å². The Labute approximate surface area is 149 Å². The van der Waals surface area contributed by atoms with E-state index >= 15 is 0 Å². The second kappa shape index (κ2) is 6.93. The average Bonchev–Trinajstić information content (AvgIpc) is 3.02. The lowest BCUT2D eigenvalue weighted by atomic mass is 10.1. The molecule has 0 N–H and O–H groups in total. The van der Waals surface area contributed by atoms with Gasteiger partial charge in [-0.2, -0.15) is 0 Å². The number of likely N-dealkylation sites (N-methyl/N-ethyl adjacent to an activating group) is 1. The lowest BCUT2D eigenvalue weighted by Gasteiger charge is -2.16. The quantitative estimate of drug-likeness (QED) is 0.533. The Morgan fingerprint density at radius 3 is 2.40 bits per heavy atom. The summed E-state index contributed by atoms with van der Waals surface area (Å²) in [5.74, 6) is 0.0163. The van der Waals surface area contributed by atoms with Gasteiger partial charge < -0.3 is 14.0 Å². The van der Waals surface area contributed by atoms with Crippen LogP contribution >= 0.6 is 0 Å². The Bertz CT molecular complexity index is 874. The molecule has 3 aromatic rings. The zero-order valence-electron chi connectivity index (χ0n) is 15.2. The third kappa shape index (κ3) is 3.63. The van der Waals surface area contributed by atoms with Gasteiger partial charge in [-0.3, -0.25) is 4.79 Å². The number of carbonyl (C=O) groups is 1. The summed E-state index contributed by atoms with van der Waals surface area (Å²) in [5.41, 5.74) is 5.65. The van der Waals surface area contributed by atoms with E-state index in [4.69, 9.17) is 0 Å². The SMILES string of the molecule is Cc1cc(C)c(-[n+]2[c-]n(CC(=O)N(C)c3ccccc3)cc2)c(C)c1. The number of benzene rings is 2. The summed E-state index contributed by atoms with van der Waals surface area (Å²) in [7, 11) is 1.80. The predicted molar refractivity (Wildman–Crippen MR) is 98.9 cm³/mol. The number of anilines is 1. The maximum Gasteiger partial charge on any atom is 0.267 e. The molecule has 1 amide bonds. The maximum absolute atomic E-state index is 12.5. The topological polar surface area (TPSA) is 29.1 Å². The van der Waals surface area contributed by atoms with Crippen LogP contribution in [0.1, 0.15) is 16.7 Å². The lowest BCUT2D eigenvalue weighted by Crippen LogP contribution is -2.33. The summed E-state index contributed by atoms with van der Waals surface area (Å²) in [6, 6.07) is 14.0. The third-order valence-corrected chi connectivity index (χ3v) is 4.33. The molecule has 0 aliphatic rings. The van der Waals surface area contributed by atoms with Gasteiger partial charge in [0.05, 0.1) is 5.69 Å². The van der Waals surface area contributed by atoms with Gasteiger partial charge in [-0.05, 0) is 44.0 Å². The molecule has 4 nitrogen and oxygen atoms in total. The summed E-state index contributed by atoms with van der Waals surface area (Å²) < 4.78 is 3.75. The number of aromatic nitrogens is 2. The Morgan fingerprint density at radius 2 is 1.76 bits per heavy atom. The molecule has 3 rings (SSSR count). The molecular weight excluding hydrogens is 310 g/mol. The molecule has 25 heavy (non-hydrogen) atoms. The van der Waals surface area contributed by atoms with Crippen LogP contribution in [0.4, 0.5) is 5.69 Å². The Hall–Kier alpha value is -2.88. The number of para-hydroxylation sites is 1. The number of hydrogen-bond donors (Lipinski definition) is 0. The van der Waals surface area contributed by atoms with Gasteiger partial charge in [0.1, 0.15) is 0 Å². The Morgan fingerprint density at radius 1 is 1.12 bits per heavy atom. The normalized spacial score (nSPS) is 10.7. The van der Waals surface area contributed by atoms with Gasteiger partial charge in [0.2, 0.25) is 6.33 Å². The number of hydrogen-bond acceptors (Lipinski definition) is 1. The smallest absolute Gasteiger partial charge is 0.267 e. The molecule has 0 fully saturated rings. The van der Waals surface area contributed by atoms with Gasteiger partial charge >= 0.3 is 0 Å². The van der Waals surface area contributed by atoms with E-state index in [0.29, 0.717) is 0 Å². The summed E-state index contributed by atoms with van der Waals surface area (Å²) in [6.45, 7) is 6.55. The molecule has 1 aromatic heterocycles. The van der Waals surface area contributed by atoms with E-state index in [2.05, 4.69) is 39.2 Å². The molecule has 0 saturated heterocycles. The summed E-state index contributed by atoms with van der Waals surface area (Å²) in [4.78, 5) is 14.2. The van der Waals surface area contributed by atoms with Crippen LogP contribution in [0.5, 0.6) is 0 Å². The molecule has 0 aliphatic carbocycles. The first kappa shape index (κ1) is 17.0. The monoisotopic (exact) mass is 333 g/mol. The molecule has 0 saturated carbocycles. The van der Waals surface area contributed by atoms with E-state index in [1.807, 2.05) is 47.3 Å². The molecule has 4 heteroatoms. The van der Waals surface area contributed by atoms with Gasteiger partial charge in [-0.15, -0.1) is 0 Å².